The number of carbonyl (C=O) groups excluding carboxylic acids is 2. The summed E-state index contributed by atoms with van der Waals surface area (Å²) in [4.78, 5) is 36.9. The fourth-order valence-corrected chi connectivity index (χ4v) is 2.76. The first-order valence-corrected chi connectivity index (χ1v) is 9.52. The summed E-state index contributed by atoms with van der Waals surface area (Å²) in [5, 5.41) is 4.93. The van der Waals surface area contributed by atoms with Crippen molar-refractivity contribution in [1.29, 1.82) is 0 Å². The van der Waals surface area contributed by atoms with Gasteiger partial charge in [0.25, 0.3) is 5.91 Å². The Morgan fingerprint density at radius 2 is 1.76 bits per heavy atom. The van der Waals surface area contributed by atoms with Crippen LogP contribution in [0.25, 0.3) is 6.08 Å². The van der Waals surface area contributed by atoms with Gasteiger partial charge in [0.05, 0.1) is 12.7 Å². The molecular formula is C23H16F4N2O5. The van der Waals surface area contributed by atoms with E-state index in [1.807, 2.05) is 0 Å². The fraction of sp³-hybridized carbons (Fsp3) is 0.0870. The molecule has 3 aromatic rings. The minimum Gasteiger partial charge on any atom is -0.465 e. The molecule has 0 radical (unpaired) electrons. The number of esters is 1. The van der Waals surface area contributed by atoms with Gasteiger partial charge in [0.15, 0.2) is 0 Å². The topological polar surface area (TPSA) is 97.6 Å². The van der Waals surface area contributed by atoms with E-state index in [1.165, 1.54) is 36.5 Å². The van der Waals surface area contributed by atoms with Crippen LogP contribution in [0, 0.1) is 5.82 Å². The van der Waals surface area contributed by atoms with E-state index in [0.29, 0.717) is 11.8 Å². The zero-order valence-electron chi connectivity index (χ0n) is 17.4. The van der Waals surface area contributed by atoms with Crippen molar-refractivity contribution in [2.75, 3.05) is 17.7 Å². The van der Waals surface area contributed by atoms with Crippen LogP contribution >= 0.6 is 0 Å². The second-order valence-electron chi connectivity index (χ2n) is 6.73. The summed E-state index contributed by atoms with van der Waals surface area (Å²) in [7, 11) is 1.08. The monoisotopic (exact) mass is 476 g/mol. The lowest BCUT2D eigenvalue weighted by Gasteiger charge is -2.10. The number of hydrogen-bond donors (Lipinski definition) is 2. The van der Waals surface area contributed by atoms with Crippen LogP contribution in [0.1, 0.15) is 32.0 Å². The Morgan fingerprint density at radius 1 is 1.06 bits per heavy atom. The molecular weight excluding hydrogens is 460 g/mol. The lowest BCUT2D eigenvalue weighted by Crippen LogP contribution is -2.20. The van der Waals surface area contributed by atoms with Gasteiger partial charge in [0, 0.05) is 17.5 Å². The number of halogens is 4. The van der Waals surface area contributed by atoms with E-state index < -0.39 is 40.7 Å². The first kappa shape index (κ1) is 24.2. The Balaban J connectivity index is 1.87. The van der Waals surface area contributed by atoms with Gasteiger partial charge in [-0.05, 0) is 54.6 Å². The second-order valence-corrected chi connectivity index (χ2v) is 6.73. The van der Waals surface area contributed by atoms with Gasteiger partial charge < -0.3 is 19.8 Å². The molecule has 1 amide bonds. The van der Waals surface area contributed by atoms with Crippen LogP contribution in [-0.4, -0.2) is 19.0 Å². The summed E-state index contributed by atoms with van der Waals surface area (Å²) in [5.41, 5.74) is -2.68. The summed E-state index contributed by atoms with van der Waals surface area (Å²) in [6, 6.07) is 9.91. The fourth-order valence-electron chi connectivity index (χ4n) is 2.76. The van der Waals surface area contributed by atoms with Crippen LogP contribution in [0.2, 0.25) is 0 Å². The molecule has 0 saturated heterocycles. The number of amides is 1. The SMILES string of the molecule is COC(=O)c1cc(NC(=O)c2cccc(C(F)(F)F)c2)c(=O)oc1/C=C/Nc1ccc(F)cc1. The van der Waals surface area contributed by atoms with Crippen molar-refractivity contribution in [3.8, 4) is 0 Å². The number of carbonyl (C=O) groups is 2. The van der Waals surface area contributed by atoms with E-state index >= 15 is 0 Å². The average Bonchev–Trinajstić information content (AvgIpc) is 2.81. The number of methoxy groups -OCH3 is 1. The van der Waals surface area contributed by atoms with Crippen LogP contribution in [0.5, 0.6) is 0 Å². The first-order valence-electron chi connectivity index (χ1n) is 9.52. The highest BCUT2D eigenvalue weighted by atomic mass is 19.4. The standard InChI is InChI=1S/C23H16F4N2O5/c1-33-21(31)17-12-18(29-20(30)13-3-2-4-14(11-13)23(25,26)27)22(32)34-19(17)9-10-28-16-7-5-15(24)6-8-16/h2-12,28H,1H3,(H,29,30)/b10-9+. The Hall–Kier alpha value is -4.41. The molecule has 0 bridgehead atoms. The van der Waals surface area contributed by atoms with Crippen molar-refractivity contribution in [2.24, 2.45) is 0 Å². The number of nitrogens with one attached hydrogen (secondary N) is 2. The third-order valence-electron chi connectivity index (χ3n) is 4.41. The van der Waals surface area contributed by atoms with Crippen molar-refractivity contribution in [2.45, 2.75) is 6.18 Å². The van der Waals surface area contributed by atoms with E-state index in [2.05, 4.69) is 15.4 Å². The summed E-state index contributed by atoms with van der Waals surface area (Å²) in [6.45, 7) is 0. The van der Waals surface area contributed by atoms with Crippen molar-refractivity contribution in [3.63, 3.8) is 0 Å². The van der Waals surface area contributed by atoms with Gasteiger partial charge >= 0.3 is 17.8 Å². The molecule has 176 valence electrons. The smallest absolute Gasteiger partial charge is 0.416 e. The Kier molecular flexibility index (Phi) is 7.15. The van der Waals surface area contributed by atoms with E-state index in [-0.39, 0.29) is 16.9 Å². The Morgan fingerprint density at radius 3 is 2.41 bits per heavy atom. The van der Waals surface area contributed by atoms with Crippen LogP contribution in [0.4, 0.5) is 28.9 Å². The van der Waals surface area contributed by atoms with Gasteiger partial charge in [-0.3, -0.25) is 4.79 Å². The third kappa shape index (κ3) is 5.88. The number of ether oxygens (including phenoxy) is 1. The zero-order valence-corrected chi connectivity index (χ0v) is 17.4. The maximum Gasteiger partial charge on any atom is 0.416 e. The summed E-state index contributed by atoms with van der Waals surface area (Å²) < 4.78 is 61.4. The molecule has 0 aliphatic carbocycles. The average molecular weight is 476 g/mol. The van der Waals surface area contributed by atoms with Crippen molar-refractivity contribution in [3.05, 3.63) is 99.5 Å². The summed E-state index contributed by atoms with van der Waals surface area (Å²) in [6.07, 6.45) is -2.11. The molecule has 34 heavy (non-hydrogen) atoms. The highest BCUT2D eigenvalue weighted by Crippen LogP contribution is 2.29. The van der Waals surface area contributed by atoms with Gasteiger partial charge in [0.1, 0.15) is 22.8 Å². The molecule has 1 heterocycles. The van der Waals surface area contributed by atoms with Crippen molar-refractivity contribution >= 4 is 29.3 Å². The molecule has 2 N–H and O–H groups in total. The number of anilines is 2. The number of benzene rings is 2. The van der Waals surface area contributed by atoms with E-state index in [4.69, 9.17) is 4.42 Å². The van der Waals surface area contributed by atoms with Crippen LogP contribution in [0.15, 0.2) is 70.0 Å². The molecule has 0 unspecified atom stereocenters. The second kappa shape index (κ2) is 10.0. The molecule has 0 aliphatic rings. The molecule has 7 nitrogen and oxygen atoms in total. The first-order chi connectivity index (χ1) is 16.1. The quantitative estimate of drug-likeness (QED) is 0.387. The molecule has 0 atom stereocenters. The zero-order chi connectivity index (χ0) is 24.9. The molecule has 3 rings (SSSR count). The minimum absolute atomic E-state index is 0.219. The van der Waals surface area contributed by atoms with Crippen molar-refractivity contribution in [1.82, 2.24) is 0 Å². The summed E-state index contributed by atoms with van der Waals surface area (Å²) in [5.74, 6) is -2.57. The molecule has 11 heteroatoms. The summed E-state index contributed by atoms with van der Waals surface area (Å²) >= 11 is 0. The molecule has 0 saturated carbocycles. The molecule has 0 aliphatic heterocycles. The third-order valence-corrected chi connectivity index (χ3v) is 4.41. The predicted molar refractivity (Wildman–Crippen MR) is 115 cm³/mol. The minimum atomic E-state index is -4.66. The van der Waals surface area contributed by atoms with Gasteiger partial charge in [-0.1, -0.05) is 6.07 Å². The number of hydrogen-bond acceptors (Lipinski definition) is 6. The van der Waals surface area contributed by atoms with E-state index in [0.717, 1.165) is 31.4 Å². The molecule has 1 aromatic heterocycles. The molecule has 0 spiro atoms. The van der Waals surface area contributed by atoms with Gasteiger partial charge in [0.2, 0.25) is 0 Å². The predicted octanol–water partition coefficient (Wildman–Crippen LogP) is 4.92. The van der Waals surface area contributed by atoms with Crippen LogP contribution in [0.3, 0.4) is 0 Å². The maximum absolute atomic E-state index is 13.0. The normalized spacial score (nSPS) is 11.3. The van der Waals surface area contributed by atoms with Gasteiger partial charge in [-0.25, -0.2) is 14.0 Å². The van der Waals surface area contributed by atoms with Crippen LogP contribution in [-0.2, 0) is 10.9 Å². The lowest BCUT2D eigenvalue weighted by molar-refractivity contribution is -0.137. The Labute approximate surface area is 189 Å². The largest absolute Gasteiger partial charge is 0.465 e. The van der Waals surface area contributed by atoms with Crippen molar-refractivity contribution < 1.29 is 36.3 Å². The highest BCUT2D eigenvalue weighted by molar-refractivity contribution is 6.05. The Bertz CT molecular complexity index is 1300. The maximum atomic E-state index is 13.0. The van der Waals surface area contributed by atoms with E-state index in [1.54, 1.807) is 0 Å². The number of alkyl halides is 3. The van der Waals surface area contributed by atoms with Crippen LogP contribution < -0.4 is 16.3 Å². The van der Waals surface area contributed by atoms with Gasteiger partial charge in [-0.15, -0.1) is 0 Å². The lowest BCUT2D eigenvalue weighted by atomic mass is 10.1. The molecule has 0 fully saturated rings. The molecule has 2 aromatic carbocycles. The number of rotatable bonds is 6. The van der Waals surface area contributed by atoms with Gasteiger partial charge in [-0.2, -0.15) is 13.2 Å². The van der Waals surface area contributed by atoms with E-state index in [9.17, 15) is 31.9 Å². The highest BCUT2D eigenvalue weighted by Gasteiger charge is 2.31.